The lowest BCUT2D eigenvalue weighted by Gasteiger charge is -2.16. The number of esters is 1. The van der Waals surface area contributed by atoms with Crippen molar-refractivity contribution >= 4 is 23.5 Å². The molecule has 0 aliphatic heterocycles. The first kappa shape index (κ1) is 16.0. The molecule has 0 spiro atoms. The van der Waals surface area contributed by atoms with E-state index in [1.54, 1.807) is 31.2 Å². The molecular formula is C15H16ClN3O3. The van der Waals surface area contributed by atoms with E-state index in [-0.39, 0.29) is 19.1 Å². The van der Waals surface area contributed by atoms with Crippen LogP contribution >= 0.6 is 11.6 Å². The number of amides is 1. The fourth-order valence-corrected chi connectivity index (χ4v) is 2.09. The fourth-order valence-electron chi connectivity index (χ4n) is 1.96. The van der Waals surface area contributed by atoms with Crippen molar-refractivity contribution in [2.24, 2.45) is 0 Å². The van der Waals surface area contributed by atoms with Crippen LogP contribution in [-0.4, -0.2) is 47.2 Å². The van der Waals surface area contributed by atoms with Gasteiger partial charge in [-0.25, -0.2) is 0 Å². The van der Waals surface area contributed by atoms with E-state index in [9.17, 15) is 9.59 Å². The summed E-state index contributed by atoms with van der Waals surface area (Å²) in [4.78, 5) is 25.2. The highest BCUT2D eigenvalue weighted by Crippen LogP contribution is 2.23. The number of likely N-dealkylation sites (N-methyl/N-ethyl adjacent to an activating group) is 1. The highest BCUT2D eigenvalue weighted by Gasteiger charge is 2.20. The second-order valence-electron chi connectivity index (χ2n) is 4.63. The Bertz CT molecular complexity index is 667. The van der Waals surface area contributed by atoms with Gasteiger partial charge in [-0.05, 0) is 19.1 Å². The Morgan fingerprint density at radius 2 is 2.00 bits per heavy atom. The number of carbonyl (C=O) groups is 2. The van der Waals surface area contributed by atoms with Crippen molar-refractivity contribution in [1.29, 1.82) is 0 Å². The van der Waals surface area contributed by atoms with Gasteiger partial charge >= 0.3 is 5.97 Å². The van der Waals surface area contributed by atoms with Gasteiger partial charge in [0.25, 0.3) is 5.91 Å². The summed E-state index contributed by atoms with van der Waals surface area (Å²) in [6.07, 6.45) is 1.44. The molecule has 116 valence electrons. The Balaban J connectivity index is 2.19. The first-order chi connectivity index (χ1) is 10.5. The largest absolute Gasteiger partial charge is 0.465 e. The first-order valence-corrected chi connectivity index (χ1v) is 7.11. The Hall–Kier alpha value is -2.34. The third-order valence-corrected chi connectivity index (χ3v) is 3.27. The highest BCUT2D eigenvalue weighted by molar-refractivity contribution is 6.30. The Morgan fingerprint density at radius 1 is 1.32 bits per heavy atom. The molecule has 1 N–H and O–H groups in total. The van der Waals surface area contributed by atoms with Gasteiger partial charge in [-0.3, -0.25) is 14.7 Å². The summed E-state index contributed by atoms with van der Waals surface area (Å²) in [6, 6.07) is 7.04. The molecule has 0 atom stereocenters. The molecule has 7 heteroatoms. The number of aromatic amines is 1. The van der Waals surface area contributed by atoms with Crippen molar-refractivity contribution in [3.63, 3.8) is 0 Å². The van der Waals surface area contributed by atoms with Gasteiger partial charge in [-0.15, -0.1) is 0 Å². The van der Waals surface area contributed by atoms with E-state index in [2.05, 4.69) is 10.2 Å². The number of halogens is 1. The third-order valence-electron chi connectivity index (χ3n) is 3.02. The number of hydrogen-bond acceptors (Lipinski definition) is 4. The smallest absolute Gasteiger partial charge is 0.325 e. The van der Waals surface area contributed by atoms with Crippen LogP contribution in [0, 0.1) is 0 Å². The molecule has 0 saturated heterocycles. The van der Waals surface area contributed by atoms with Gasteiger partial charge in [0.1, 0.15) is 6.54 Å². The van der Waals surface area contributed by atoms with Crippen LogP contribution in [0.1, 0.15) is 17.3 Å². The number of ether oxygens (including phenoxy) is 1. The summed E-state index contributed by atoms with van der Waals surface area (Å²) >= 11 is 5.86. The molecular weight excluding hydrogens is 306 g/mol. The minimum Gasteiger partial charge on any atom is -0.465 e. The molecule has 0 aliphatic rings. The maximum atomic E-state index is 12.4. The number of rotatable bonds is 5. The van der Waals surface area contributed by atoms with Crippen LogP contribution in [0.2, 0.25) is 5.02 Å². The van der Waals surface area contributed by atoms with Crippen LogP contribution in [0.5, 0.6) is 0 Å². The summed E-state index contributed by atoms with van der Waals surface area (Å²) in [7, 11) is 1.54. The highest BCUT2D eigenvalue weighted by atomic mass is 35.5. The maximum absolute atomic E-state index is 12.4. The normalized spacial score (nSPS) is 10.3. The molecule has 2 aromatic rings. The van der Waals surface area contributed by atoms with E-state index in [0.717, 1.165) is 5.56 Å². The molecule has 1 aromatic heterocycles. The van der Waals surface area contributed by atoms with Gasteiger partial charge in [-0.1, -0.05) is 23.7 Å². The number of benzene rings is 1. The van der Waals surface area contributed by atoms with Crippen LogP contribution < -0.4 is 0 Å². The minimum atomic E-state index is -0.449. The molecule has 0 radical (unpaired) electrons. The minimum absolute atomic E-state index is 0.113. The van der Waals surface area contributed by atoms with Gasteiger partial charge in [-0.2, -0.15) is 5.10 Å². The van der Waals surface area contributed by atoms with Crippen molar-refractivity contribution in [2.45, 2.75) is 6.92 Å². The third kappa shape index (κ3) is 3.65. The lowest BCUT2D eigenvalue weighted by Crippen LogP contribution is -2.33. The van der Waals surface area contributed by atoms with Gasteiger partial charge in [0.2, 0.25) is 0 Å². The molecule has 0 fully saturated rings. The maximum Gasteiger partial charge on any atom is 0.325 e. The number of carbonyl (C=O) groups excluding carboxylic acids is 2. The van der Waals surface area contributed by atoms with Crippen LogP contribution in [0.3, 0.4) is 0 Å². The summed E-state index contributed by atoms with van der Waals surface area (Å²) in [5.41, 5.74) is 1.75. The van der Waals surface area contributed by atoms with E-state index >= 15 is 0 Å². The van der Waals surface area contributed by atoms with Crippen molar-refractivity contribution in [3.05, 3.63) is 41.0 Å². The van der Waals surface area contributed by atoms with Gasteiger partial charge < -0.3 is 9.64 Å². The molecule has 1 aromatic carbocycles. The molecule has 0 unspecified atom stereocenters. The predicted octanol–water partition coefficient (Wildman–Crippen LogP) is 2.37. The second-order valence-corrected chi connectivity index (χ2v) is 5.07. The van der Waals surface area contributed by atoms with Crippen molar-refractivity contribution in [1.82, 2.24) is 15.1 Å². The number of nitrogens with zero attached hydrogens (tertiary/aromatic N) is 2. The van der Waals surface area contributed by atoms with E-state index in [4.69, 9.17) is 16.3 Å². The number of H-pyrrole nitrogens is 1. The van der Waals surface area contributed by atoms with Gasteiger partial charge in [0, 0.05) is 17.6 Å². The first-order valence-electron chi connectivity index (χ1n) is 6.73. The molecule has 1 heterocycles. The molecule has 0 bridgehead atoms. The van der Waals surface area contributed by atoms with E-state index < -0.39 is 5.97 Å². The van der Waals surface area contributed by atoms with Crippen LogP contribution in [-0.2, 0) is 9.53 Å². The van der Waals surface area contributed by atoms with E-state index in [1.807, 2.05) is 0 Å². The standard InChI is InChI=1S/C15H16ClN3O3/c1-3-22-13(20)9-19(2)15(21)12-8-17-18-14(12)10-4-6-11(16)7-5-10/h4-8H,3,9H2,1-2H3,(H,17,18). The van der Waals surface area contributed by atoms with Gasteiger partial charge in [0.05, 0.1) is 24.1 Å². The van der Waals surface area contributed by atoms with Crippen LogP contribution in [0.25, 0.3) is 11.3 Å². The fraction of sp³-hybridized carbons (Fsp3) is 0.267. The van der Waals surface area contributed by atoms with Crippen molar-refractivity contribution < 1.29 is 14.3 Å². The molecule has 0 saturated carbocycles. The monoisotopic (exact) mass is 321 g/mol. The number of hydrogen-bond donors (Lipinski definition) is 1. The zero-order valence-electron chi connectivity index (χ0n) is 12.3. The van der Waals surface area contributed by atoms with Crippen molar-refractivity contribution in [3.8, 4) is 11.3 Å². The molecule has 2 rings (SSSR count). The van der Waals surface area contributed by atoms with Crippen LogP contribution in [0.4, 0.5) is 0 Å². The van der Waals surface area contributed by atoms with Crippen LogP contribution in [0.15, 0.2) is 30.5 Å². The SMILES string of the molecule is CCOC(=O)CN(C)C(=O)c1cn[nH]c1-c1ccc(Cl)cc1. The molecule has 22 heavy (non-hydrogen) atoms. The summed E-state index contributed by atoms with van der Waals surface area (Å²) in [6.45, 7) is 1.88. The summed E-state index contributed by atoms with van der Waals surface area (Å²) in [5.74, 6) is -0.762. The molecule has 1 amide bonds. The predicted molar refractivity (Wildman–Crippen MR) is 82.6 cm³/mol. The Labute approximate surface area is 133 Å². The van der Waals surface area contributed by atoms with Crippen molar-refractivity contribution in [2.75, 3.05) is 20.2 Å². The molecule has 0 aliphatic carbocycles. The van der Waals surface area contributed by atoms with E-state index in [1.165, 1.54) is 18.1 Å². The average Bonchev–Trinajstić information content (AvgIpc) is 2.96. The zero-order chi connectivity index (χ0) is 16.1. The molecule has 6 nitrogen and oxygen atoms in total. The summed E-state index contributed by atoms with van der Waals surface area (Å²) < 4.78 is 4.84. The Morgan fingerprint density at radius 3 is 2.64 bits per heavy atom. The average molecular weight is 322 g/mol. The summed E-state index contributed by atoms with van der Waals surface area (Å²) in [5, 5.41) is 7.32. The second kappa shape index (κ2) is 7.09. The topological polar surface area (TPSA) is 75.3 Å². The zero-order valence-corrected chi connectivity index (χ0v) is 13.1. The Kier molecular flexibility index (Phi) is 5.16. The lowest BCUT2D eigenvalue weighted by molar-refractivity contribution is -0.143. The van der Waals surface area contributed by atoms with Gasteiger partial charge in [0.15, 0.2) is 0 Å². The number of aromatic nitrogens is 2. The van der Waals surface area contributed by atoms with E-state index in [0.29, 0.717) is 16.3 Å². The number of nitrogens with one attached hydrogen (secondary N) is 1. The lowest BCUT2D eigenvalue weighted by atomic mass is 10.1. The quantitative estimate of drug-likeness (QED) is 0.858.